The highest BCUT2D eigenvalue weighted by Gasteiger charge is 2.37. The van der Waals surface area contributed by atoms with Crippen LogP contribution in [0.25, 0.3) is 0 Å². The maximum atomic E-state index is 10.5. The van der Waals surface area contributed by atoms with E-state index in [1.165, 1.54) is 5.57 Å². The number of rotatable bonds is 12. The van der Waals surface area contributed by atoms with Gasteiger partial charge in [-0.15, -0.1) is 0 Å². The quantitative estimate of drug-likeness (QED) is 0.0664. The van der Waals surface area contributed by atoms with Crippen LogP contribution < -0.4 is 0 Å². The lowest BCUT2D eigenvalue weighted by Gasteiger charge is -2.36. The molecule has 0 heterocycles. The molecule has 2 atom stereocenters. The highest BCUT2D eigenvalue weighted by molar-refractivity contribution is 14.1. The van der Waals surface area contributed by atoms with Crippen LogP contribution in [0.3, 0.4) is 0 Å². The normalized spacial score (nSPS) is 15.6. The average molecular weight is 517 g/mol. The van der Waals surface area contributed by atoms with Gasteiger partial charge in [-0.05, 0) is 80.0 Å². The topological polar surface area (TPSA) is 26.3 Å². The van der Waals surface area contributed by atoms with Gasteiger partial charge < -0.3 is 4.43 Å². The molecular weight excluding hydrogens is 475 g/mol. The molecule has 0 fully saturated rings. The van der Waals surface area contributed by atoms with Crippen LogP contribution in [0, 0.1) is 21.7 Å². The van der Waals surface area contributed by atoms with E-state index < -0.39 is 8.32 Å². The Bertz CT molecular complexity index is 588. The molecule has 0 aromatic heterocycles. The predicted octanol–water partition coefficient (Wildman–Crippen LogP) is 7.70. The number of allylic oxidation sites excluding steroid dienone is 4. The molecule has 28 heavy (non-hydrogen) atoms. The van der Waals surface area contributed by atoms with Gasteiger partial charge in [0.2, 0.25) is 0 Å². The van der Waals surface area contributed by atoms with Crippen molar-refractivity contribution in [2.75, 3.05) is 6.61 Å². The van der Waals surface area contributed by atoms with Crippen molar-refractivity contribution in [2.24, 2.45) is 11.8 Å². The van der Waals surface area contributed by atoms with Gasteiger partial charge in [-0.3, -0.25) is 4.79 Å². The molecule has 2 nitrogen and oxygen atoms in total. The Kier molecular flexibility index (Phi) is 13.6. The summed E-state index contributed by atoms with van der Waals surface area (Å²) in [5, 5.41) is 0.263. The number of carbonyl (C=O) groups is 1. The van der Waals surface area contributed by atoms with E-state index in [0.717, 1.165) is 50.6 Å². The Morgan fingerprint density at radius 3 is 2.32 bits per heavy atom. The summed E-state index contributed by atoms with van der Waals surface area (Å²) in [6.07, 6.45) is 10.0. The van der Waals surface area contributed by atoms with Crippen molar-refractivity contribution in [3.8, 4) is 9.85 Å². The Morgan fingerprint density at radius 1 is 1.14 bits per heavy atom. The molecule has 0 rings (SSSR count). The smallest absolute Gasteiger partial charge is 0.191 e. The van der Waals surface area contributed by atoms with Crippen LogP contribution in [-0.2, 0) is 9.22 Å². The highest BCUT2D eigenvalue weighted by atomic mass is 127. The third-order valence-corrected chi connectivity index (χ3v) is 10.9. The molecule has 0 aliphatic rings. The van der Waals surface area contributed by atoms with Gasteiger partial charge in [-0.25, -0.2) is 0 Å². The van der Waals surface area contributed by atoms with Crippen molar-refractivity contribution in [2.45, 2.75) is 91.8 Å². The minimum Gasteiger partial charge on any atom is -0.417 e. The SMILES string of the molecule is C/C(=C\C=O)CC/C=C(\C)CC[C@H](C#CI)[C@H](C)CCO[Si](C)(C)C(C)(C)C. The summed E-state index contributed by atoms with van der Waals surface area (Å²) < 4.78 is 9.46. The molecule has 0 N–H and O–H groups in total. The van der Waals surface area contributed by atoms with Crippen molar-refractivity contribution in [1.29, 1.82) is 0 Å². The third-order valence-electron chi connectivity index (χ3n) is 6.00. The second kappa shape index (κ2) is 13.8. The fraction of sp³-hybridized carbons (Fsp3) is 0.708. The van der Waals surface area contributed by atoms with Gasteiger partial charge in [0.25, 0.3) is 0 Å². The van der Waals surface area contributed by atoms with Crippen LogP contribution >= 0.6 is 22.6 Å². The monoisotopic (exact) mass is 516 g/mol. The van der Waals surface area contributed by atoms with E-state index in [1.54, 1.807) is 6.08 Å². The average Bonchev–Trinajstić information content (AvgIpc) is 2.57. The minimum atomic E-state index is -1.66. The molecular formula is C24H41IO2Si. The van der Waals surface area contributed by atoms with Crippen molar-refractivity contribution in [3.05, 3.63) is 23.3 Å². The Balaban J connectivity index is 4.55. The van der Waals surface area contributed by atoms with Crippen LogP contribution in [0.1, 0.15) is 73.6 Å². The zero-order valence-corrected chi connectivity index (χ0v) is 22.5. The summed E-state index contributed by atoms with van der Waals surface area (Å²) in [5.41, 5.74) is 2.56. The molecule has 0 aliphatic carbocycles. The van der Waals surface area contributed by atoms with E-state index in [-0.39, 0.29) is 5.04 Å². The molecule has 4 heteroatoms. The summed E-state index contributed by atoms with van der Waals surface area (Å²) in [4.78, 5) is 10.5. The van der Waals surface area contributed by atoms with Crippen molar-refractivity contribution >= 4 is 37.2 Å². The Hall–Kier alpha value is -0.383. The van der Waals surface area contributed by atoms with Crippen LogP contribution in [0.5, 0.6) is 0 Å². The lowest BCUT2D eigenvalue weighted by molar-refractivity contribution is -0.104. The first-order chi connectivity index (χ1) is 12.9. The van der Waals surface area contributed by atoms with E-state index >= 15 is 0 Å². The van der Waals surface area contributed by atoms with E-state index in [2.05, 4.69) is 86.2 Å². The molecule has 0 radical (unpaired) electrons. The lowest BCUT2D eigenvalue weighted by atomic mass is 9.87. The number of hydrogen-bond acceptors (Lipinski definition) is 2. The number of halogens is 1. The van der Waals surface area contributed by atoms with Crippen LogP contribution in [0.15, 0.2) is 23.3 Å². The number of aldehydes is 1. The van der Waals surface area contributed by atoms with E-state index in [0.29, 0.717) is 11.8 Å². The zero-order chi connectivity index (χ0) is 21.8. The molecule has 0 aliphatic heterocycles. The summed E-state index contributed by atoms with van der Waals surface area (Å²) >= 11 is 2.16. The zero-order valence-electron chi connectivity index (χ0n) is 19.3. The van der Waals surface area contributed by atoms with Crippen LogP contribution in [0.4, 0.5) is 0 Å². The van der Waals surface area contributed by atoms with Gasteiger partial charge in [0.15, 0.2) is 8.32 Å². The molecule has 0 unspecified atom stereocenters. The summed E-state index contributed by atoms with van der Waals surface area (Å²) in [6, 6.07) is 0. The first-order valence-corrected chi connectivity index (χ1v) is 14.4. The highest BCUT2D eigenvalue weighted by Crippen LogP contribution is 2.37. The fourth-order valence-corrected chi connectivity index (χ4v) is 4.18. The van der Waals surface area contributed by atoms with Crippen LogP contribution in [-0.4, -0.2) is 21.2 Å². The second-order valence-electron chi connectivity index (χ2n) is 9.50. The fourth-order valence-electron chi connectivity index (χ4n) is 2.72. The Morgan fingerprint density at radius 2 is 1.79 bits per heavy atom. The molecule has 0 saturated heterocycles. The minimum absolute atomic E-state index is 0.263. The van der Waals surface area contributed by atoms with E-state index in [1.807, 2.05) is 6.92 Å². The Labute approximate surface area is 189 Å². The molecule has 0 saturated carbocycles. The predicted molar refractivity (Wildman–Crippen MR) is 134 cm³/mol. The molecule has 0 aromatic rings. The summed E-state index contributed by atoms with van der Waals surface area (Å²) in [5.74, 6) is 4.38. The number of hydrogen-bond donors (Lipinski definition) is 0. The second-order valence-corrected chi connectivity index (χ2v) is 14.8. The largest absolute Gasteiger partial charge is 0.417 e. The van der Waals surface area contributed by atoms with Gasteiger partial charge >= 0.3 is 0 Å². The van der Waals surface area contributed by atoms with E-state index in [9.17, 15) is 4.79 Å². The van der Waals surface area contributed by atoms with Gasteiger partial charge in [0.05, 0.1) is 0 Å². The summed E-state index contributed by atoms with van der Waals surface area (Å²) in [6.45, 7) is 18.9. The molecule has 0 aromatic carbocycles. The van der Waals surface area contributed by atoms with Crippen molar-refractivity contribution in [1.82, 2.24) is 0 Å². The molecule has 0 bridgehead atoms. The van der Waals surface area contributed by atoms with Gasteiger partial charge in [-0.2, -0.15) is 0 Å². The standard InChI is InChI=1S/C24H41IO2Si/c1-20(10-9-11-21(2)15-18-26)12-13-23(14-17-25)22(3)16-19-27-28(7,8)24(4,5)6/h10,15,18,22-23H,9,11-13,16,19H2,1-8H3/b20-10+,21-15+/t22-,23-/m1/s1. The first kappa shape index (κ1) is 27.6. The number of carbonyl (C=O) groups excluding carboxylic acids is 1. The van der Waals surface area contributed by atoms with Crippen molar-refractivity contribution in [3.63, 3.8) is 0 Å². The van der Waals surface area contributed by atoms with Gasteiger partial charge in [-0.1, -0.05) is 50.8 Å². The maximum Gasteiger partial charge on any atom is 0.191 e. The maximum absolute atomic E-state index is 10.5. The van der Waals surface area contributed by atoms with Crippen molar-refractivity contribution < 1.29 is 9.22 Å². The van der Waals surface area contributed by atoms with Crippen LogP contribution in [0.2, 0.25) is 18.1 Å². The third kappa shape index (κ3) is 11.6. The molecule has 0 spiro atoms. The molecule has 0 amide bonds. The first-order valence-electron chi connectivity index (χ1n) is 10.5. The summed E-state index contributed by atoms with van der Waals surface area (Å²) in [7, 11) is -1.66. The van der Waals surface area contributed by atoms with Gasteiger partial charge in [0, 0.05) is 35.1 Å². The van der Waals surface area contributed by atoms with Gasteiger partial charge in [0.1, 0.15) is 6.29 Å². The lowest BCUT2D eigenvalue weighted by Crippen LogP contribution is -2.41. The van der Waals surface area contributed by atoms with E-state index in [4.69, 9.17) is 4.43 Å². The molecule has 160 valence electrons.